The molecule has 22 heavy (non-hydrogen) atoms. The molecule has 3 heteroatoms. The largest absolute Gasteiger partial charge is 0.478 e. The highest BCUT2D eigenvalue weighted by Gasteiger charge is 2.11. The van der Waals surface area contributed by atoms with Crippen molar-refractivity contribution < 1.29 is 9.90 Å². The maximum absolute atomic E-state index is 11.5. The van der Waals surface area contributed by atoms with E-state index in [2.05, 4.69) is 4.98 Å². The molecule has 0 amide bonds. The van der Waals surface area contributed by atoms with Crippen molar-refractivity contribution in [3.05, 3.63) is 77.0 Å². The number of fused-ring (bicyclic) bond motifs is 1. The van der Waals surface area contributed by atoms with Gasteiger partial charge in [0.1, 0.15) is 0 Å². The van der Waals surface area contributed by atoms with E-state index in [0.29, 0.717) is 16.6 Å². The van der Waals surface area contributed by atoms with E-state index >= 15 is 0 Å². The molecule has 0 radical (unpaired) electrons. The Morgan fingerprint density at radius 1 is 1.05 bits per heavy atom. The van der Waals surface area contributed by atoms with Crippen LogP contribution in [0.15, 0.2) is 54.6 Å². The second-order valence-corrected chi connectivity index (χ2v) is 5.16. The van der Waals surface area contributed by atoms with Crippen molar-refractivity contribution in [2.75, 3.05) is 0 Å². The Kier molecular flexibility index (Phi) is 3.71. The van der Waals surface area contributed by atoms with E-state index in [1.165, 1.54) is 0 Å². The van der Waals surface area contributed by atoms with Gasteiger partial charge in [-0.1, -0.05) is 48.0 Å². The molecule has 0 fully saturated rings. The van der Waals surface area contributed by atoms with Crippen LogP contribution in [-0.2, 0) is 0 Å². The van der Waals surface area contributed by atoms with Crippen LogP contribution in [0.1, 0.15) is 27.2 Å². The molecular weight excluding hydrogens is 274 g/mol. The normalized spacial score (nSPS) is 11.1. The minimum atomic E-state index is -0.938. The van der Waals surface area contributed by atoms with Gasteiger partial charge in [-0.3, -0.25) is 0 Å². The van der Waals surface area contributed by atoms with E-state index in [0.717, 1.165) is 11.1 Å². The van der Waals surface area contributed by atoms with Gasteiger partial charge in [0.25, 0.3) is 0 Å². The number of carbonyl (C=O) groups is 1. The SMILES string of the molecule is Cc1ccc2nc(/C=C/c3ccccc3)cc(C(=O)O)c2c1. The number of pyridine rings is 1. The number of aromatic nitrogens is 1. The Balaban J connectivity index is 2.09. The molecule has 1 heterocycles. The molecule has 3 aromatic rings. The zero-order chi connectivity index (χ0) is 15.5. The molecule has 3 nitrogen and oxygen atoms in total. The molecule has 0 saturated heterocycles. The fourth-order valence-corrected chi connectivity index (χ4v) is 2.37. The van der Waals surface area contributed by atoms with Crippen LogP contribution in [0.25, 0.3) is 23.1 Å². The number of rotatable bonds is 3. The average molecular weight is 289 g/mol. The monoisotopic (exact) mass is 289 g/mol. The molecular formula is C19H15NO2. The lowest BCUT2D eigenvalue weighted by Gasteiger charge is -2.05. The third-order valence-corrected chi connectivity index (χ3v) is 3.46. The second-order valence-electron chi connectivity index (χ2n) is 5.16. The summed E-state index contributed by atoms with van der Waals surface area (Å²) in [5.41, 5.74) is 3.67. The van der Waals surface area contributed by atoms with Gasteiger partial charge in [-0.2, -0.15) is 0 Å². The van der Waals surface area contributed by atoms with Crippen LogP contribution in [0.3, 0.4) is 0 Å². The number of carboxylic acids is 1. The van der Waals surface area contributed by atoms with Gasteiger partial charge >= 0.3 is 5.97 Å². The van der Waals surface area contributed by atoms with E-state index in [1.807, 2.05) is 67.6 Å². The zero-order valence-corrected chi connectivity index (χ0v) is 12.2. The Labute approximate surface area is 128 Å². The quantitative estimate of drug-likeness (QED) is 0.777. The molecule has 108 valence electrons. The molecule has 3 rings (SSSR count). The summed E-state index contributed by atoms with van der Waals surface area (Å²) in [5.74, 6) is -0.938. The van der Waals surface area contributed by atoms with E-state index in [9.17, 15) is 9.90 Å². The number of nitrogens with zero attached hydrogens (tertiary/aromatic N) is 1. The summed E-state index contributed by atoms with van der Waals surface area (Å²) in [4.78, 5) is 16.0. The van der Waals surface area contributed by atoms with Gasteiger partial charge in [0, 0.05) is 5.39 Å². The van der Waals surface area contributed by atoms with Crippen LogP contribution in [0.2, 0.25) is 0 Å². The first-order valence-electron chi connectivity index (χ1n) is 7.01. The first-order valence-corrected chi connectivity index (χ1v) is 7.01. The Morgan fingerprint density at radius 3 is 2.55 bits per heavy atom. The smallest absolute Gasteiger partial charge is 0.336 e. The lowest BCUT2D eigenvalue weighted by Crippen LogP contribution is -2.00. The van der Waals surface area contributed by atoms with Gasteiger partial charge in [-0.05, 0) is 36.8 Å². The zero-order valence-electron chi connectivity index (χ0n) is 12.2. The van der Waals surface area contributed by atoms with Crippen LogP contribution in [0.4, 0.5) is 0 Å². The van der Waals surface area contributed by atoms with Crippen LogP contribution in [0, 0.1) is 6.92 Å². The van der Waals surface area contributed by atoms with Crippen molar-refractivity contribution in [2.24, 2.45) is 0 Å². The first kappa shape index (κ1) is 14.0. The number of hydrogen-bond donors (Lipinski definition) is 1. The summed E-state index contributed by atoms with van der Waals surface area (Å²) in [5, 5.41) is 10.1. The van der Waals surface area contributed by atoms with Gasteiger partial charge in [-0.25, -0.2) is 9.78 Å². The number of aryl methyl sites for hydroxylation is 1. The molecule has 0 atom stereocenters. The van der Waals surface area contributed by atoms with E-state index < -0.39 is 5.97 Å². The Morgan fingerprint density at radius 2 is 1.82 bits per heavy atom. The summed E-state index contributed by atoms with van der Waals surface area (Å²) in [6, 6.07) is 17.1. The molecule has 0 saturated carbocycles. The van der Waals surface area contributed by atoms with E-state index in [4.69, 9.17) is 0 Å². The summed E-state index contributed by atoms with van der Waals surface area (Å²) in [6.45, 7) is 1.94. The fourth-order valence-electron chi connectivity index (χ4n) is 2.37. The molecule has 0 bridgehead atoms. The van der Waals surface area contributed by atoms with E-state index in [1.54, 1.807) is 6.07 Å². The predicted molar refractivity (Wildman–Crippen MR) is 88.8 cm³/mol. The van der Waals surface area contributed by atoms with Crippen molar-refractivity contribution in [1.82, 2.24) is 4.98 Å². The Hall–Kier alpha value is -2.94. The minimum Gasteiger partial charge on any atom is -0.478 e. The highest BCUT2D eigenvalue weighted by molar-refractivity contribution is 6.03. The van der Waals surface area contributed by atoms with Gasteiger partial charge in [0.2, 0.25) is 0 Å². The molecule has 1 aromatic heterocycles. The molecule has 0 unspecified atom stereocenters. The van der Waals surface area contributed by atoms with E-state index in [-0.39, 0.29) is 5.56 Å². The fraction of sp³-hybridized carbons (Fsp3) is 0.0526. The number of benzene rings is 2. The van der Waals surface area contributed by atoms with Gasteiger partial charge in [0.05, 0.1) is 16.8 Å². The van der Waals surface area contributed by atoms with Crippen molar-refractivity contribution in [3.8, 4) is 0 Å². The maximum atomic E-state index is 11.5. The summed E-state index contributed by atoms with van der Waals surface area (Å²) < 4.78 is 0. The number of aromatic carboxylic acids is 1. The van der Waals surface area contributed by atoms with Crippen LogP contribution >= 0.6 is 0 Å². The predicted octanol–water partition coefficient (Wildman–Crippen LogP) is 4.41. The summed E-state index contributed by atoms with van der Waals surface area (Å²) in [6.07, 6.45) is 3.76. The van der Waals surface area contributed by atoms with Gasteiger partial charge in [-0.15, -0.1) is 0 Å². The maximum Gasteiger partial charge on any atom is 0.336 e. The van der Waals surface area contributed by atoms with Crippen LogP contribution in [-0.4, -0.2) is 16.1 Å². The lowest BCUT2D eigenvalue weighted by atomic mass is 10.0. The molecule has 0 aliphatic carbocycles. The molecule has 0 spiro atoms. The average Bonchev–Trinajstić information content (AvgIpc) is 2.53. The third kappa shape index (κ3) is 2.88. The topological polar surface area (TPSA) is 50.2 Å². The summed E-state index contributed by atoms with van der Waals surface area (Å²) >= 11 is 0. The Bertz CT molecular complexity index is 867. The van der Waals surface area contributed by atoms with Crippen LogP contribution < -0.4 is 0 Å². The standard InChI is InChI=1S/C19H15NO2/c1-13-7-10-18-16(11-13)17(19(21)22)12-15(20-18)9-8-14-5-3-2-4-6-14/h2-12H,1H3,(H,21,22)/b9-8+. The number of hydrogen-bond acceptors (Lipinski definition) is 2. The lowest BCUT2D eigenvalue weighted by molar-refractivity contribution is 0.0699. The van der Waals surface area contributed by atoms with Gasteiger partial charge < -0.3 is 5.11 Å². The minimum absolute atomic E-state index is 0.279. The van der Waals surface area contributed by atoms with Crippen LogP contribution in [0.5, 0.6) is 0 Å². The second kappa shape index (κ2) is 5.82. The van der Waals surface area contributed by atoms with Crippen molar-refractivity contribution in [2.45, 2.75) is 6.92 Å². The first-order chi connectivity index (χ1) is 10.6. The molecule has 0 aliphatic heterocycles. The highest BCUT2D eigenvalue weighted by atomic mass is 16.4. The molecule has 2 aromatic carbocycles. The molecule has 0 aliphatic rings. The number of carboxylic acid groups (broad SMARTS) is 1. The van der Waals surface area contributed by atoms with Crippen molar-refractivity contribution in [1.29, 1.82) is 0 Å². The third-order valence-electron chi connectivity index (χ3n) is 3.46. The van der Waals surface area contributed by atoms with Gasteiger partial charge in [0.15, 0.2) is 0 Å². The highest BCUT2D eigenvalue weighted by Crippen LogP contribution is 2.21. The van der Waals surface area contributed by atoms with Crippen molar-refractivity contribution >= 4 is 29.0 Å². The molecule has 1 N–H and O–H groups in total. The van der Waals surface area contributed by atoms with Crippen molar-refractivity contribution in [3.63, 3.8) is 0 Å². The summed E-state index contributed by atoms with van der Waals surface area (Å²) in [7, 11) is 0.